The SMILES string of the molecule is CC[C@@H](CC[C@@H](C)[C@H]1CC[C@H]2C3=C(CC[C@]12C)[C@@]1(C)CC[C@H](O)C[C@]1(O)[C@H](O)[C@H]3O)C(C)C. The van der Waals surface area contributed by atoms with Crippen molar-refractivity contribution < 1.29 is 20.4 Å². The molecule has 0 unspecified atom stereocenters. The van der Waals surface area contributed by atoms with Crippen LogP contribution in [0, 0.1) is 40.4 Å². The summed E-state index contributed by atoms with van der Waals surface area (Å²) in [6.45, 7) is 14.0. The fourth-order valence-electron chi connectivity index (χ4n) is 9.13. The Morgan fingerprint density at radius 3 is 2.30 bits per heavy atom. The summed E-state index contributed by atoms with van der Waals surface area (Å²) in [6, 6.07) is 0. The molecule has 0 aromatic heterocycles. The molecule has 2 fully saturated rings. The van der Waals surface area contributed by atoms with Gasteiger partial charge in [-0.3, -0.25) is 0 Å². The molecule has 0 amide bonds. The van der Waals surface area contributed by atoms with Crippen molar-refractivity contribution >= 4 is 0 Å². The van der Waals surface area contributed by atoms with E-state index in [1.54, 1.807) is 0 Å². The van der Waals surface area contributed by atoms with E-state index in [9.17, 15) is 20.4 Å². The summed E-state index contributed by atoms with van der Waals surface area (Å²) in [4.78, 5) is 0. The zero-order valence-electron chi connectivity index (χ0n) is 22.0. The van der Waals surface area contributed by atoms with Crippen molar-refractivity contribution in [3.8, 4) is 0 Å². The molecule has 190 valence electrons. The molecule has 0 bridgehead atoms. The quantitative estimate of drug-likeness (QED) is 0.408. The van der Waals surface area contributed by atoms with Crippen LogP contribution in [0.5, 0.6) is 0 Å². The molecular formula is C29H50O4. The fourth-order valence-corrected chi connectivity index (χ4v) is 9.13. The molecule has 4 N–H and O–H groups in total. The molecule has 4 heteroatoms. The van der Waals surface area contributed by atoms with Gasteiger partial charge in [-0.1, -0.05) is 60.0 Å². The molecule has 0 radical (unpaired) electrons. The van der Waals surface area contributed by atoms with Crippen LogP contribution in [0.3, 0.4) is 0 Å². The van der Waals surface area contributed by atoms with E-state index in [1.165, 1.54) is 31.3 Å². The molecule has 2 saturated carbocycles. The minimum absolute atomic E-state index is 0.147. The molecule has 0 heterocycles. The monoisotopic (exact) mass is 462 g/mol. The van der Waals surface area contributed by atoms with Crippen molar-refractivity contribution in [3.05, 3.63) is 11.1 Å². The molecule has 0 saturated heterocycles. The van der Waals surface area contributed by atoms with E-state index in [0.717, 1.165) is 36.7 Å². The van der Waals surface area contributed by atoms with Gasteiger partial charge in [-0.25, -0.2) is 0 Å². The predicted molar refractivity (Wildman–Crippen MR) is 133 cm³/mol. The smallest absolute Gasteiger partial charge is 0.113 e. The van der Waals surface area contributed by atoms with Crippen molar-refractivity contribution in [2.75, 3.05) is 0 Å². The molecule has 4 aliphatic rings. The first kappa shape index (κ1) is 25.7. The highest BCUT2D eigenvalue weighted by Gasteiger charge is 2.65. The van der Waals surface area contributed by atoms with Crippen molar-refractivity contribution in [1.29, 1.82) is 0 Å². The van der Waals surface area contributed by atoms with Gasteiger partial charge >= 0.3 is 0 Å². The minimum Gasteiger partial charge on any atom is -0.393 e. The summed E-state index contributed by atoms with van der Waals surface area (Å²) in [6.07, 6.45) is 6.70. The normalized spacial score (nSPS) is 47.2. The molecular weight excluding hydrogens is 412 g/mol. The highest BCUT2D eigenvalue weighted by Crippen LogP contribution is 2.66. The first-order valence-corrected chi connectivity index (χ1v) is 13.9. The second kappa shape index (κ2) is 8.91. The van der Waals surface area contributed by atoms with Crippen LogP contribution in [0.2, 0.25) is 0 Å². The van der Waals surface area contributed by atoms with E-state index in [-0.39, 0.29) is 11.8 Å². The molecule has 4 rings (SSSR count). The zero-order chi connectivity index (χ0) is 24.3. The zero-order valence-corrected chi connectivity index (χ0v) is 22.0. The Morgan fingerprint density at radius 1 is 0.970 bits per heavy atom. The van der Waals surface area contributed by atoms with Gasteiger partial charge in [0.25, 0.3) is 0 Å². The number of rotatable bonds is 6. The highest BCUT2D eigenvalue weighted by atomic mass is 16.4. The maximum Gasteiger partial charge on any atom is 0.113 e. The van der Waals surface area contributed by atoms with Crippen LogP contribution in [-0.4, -0.2) is 44.3 Å². The van der Waals surface area contributed by atoms with Crippen LogP contribution in [0.25, 0.3) is 0 Å². The Labute approximate surface area is 201 Å². The Morgan fingerprint density at radius 2 is 1.67 bits per heavy atom. The lowest BCUT2D eigenvalue weighted by Gasteiger charge is -2.61. The first-order chi connectivity index (χ1) is 15.4. The van der Waals surface area contributed by atoms with Crippen molar-refractivity contribution in [2.45, 2.75) is 130 Å². The third-order valence-electron chi connectivity index (χ3n) is 11.4. The summed E-state index contributed by atoms with van der Waals surface area (Å²) >= 11 is 0. The van der Waals surface area contributed by atoms with Gasteiger partial charge < -0.3 is 20.4 Å². The Kier molecular flexibility index (Phi) is 6.93. The van der Waals surface area contributed by atoms with Crippen LogP contribution < -0.4 is 0 Å². The van der Waals surface area contributed by atoms with Gasteiger partial charge in [0.2, 0.25) is 0 Å². The third-order valence-corrected chi connectivity index (χ3v) is 11.4. The predicted octanol–water partition coefficient (Wildman–Crippen LogP) is 5.23. The largest absolute Gasteiger partial charge is 0.393 e. The van der Waals surface area contributed by atoms with Crippen LogP contribution >= 0.6 is 0 Å². The van der Waals surface area contributed by atoms with Crippen molar-refractivity contribution in [1.82, 2.24) is 0 Å². The maximum atomic E-state index is 11.6. The lowest BCUT2D eigenvalue weighted by Crippen LogP contribution is -2.67. The van der Waals surface area contributed by atoms with Crippen LogP contribution in [0.4, 0.5) is 0 Å². The van der Waals surface area contributed by atoms with Gasteiger partial charge in [0.15, 0.2) is 0 Å². The van der Waals surface area contributed by atoms with E-state index >= 15 is 0 Å². The Hall–Kier alpha value is -0.420. The van der Waals surface area contributed by atoms with Gasteiger partial charge in [-0.05, 0) is 85.5 Å². The number of aliphatic hydroxyl groups excluding tert-OH is 3. The van der Waals surface area contributed by atoms with Gasteiger partial charge in [0.1, 0.15) is 17.8 Å². The topological polar surface area (TPSA) is 80.9 Å². The number of fused-ring (bicyclic) bond motifs is 4. The van der Waals surface area contributed by atoms with Gasteiger partial charge in [-0.15, -0.1) is 0 Å². The average molecular weight is 463 g/mol. The molecule has 0 aliphatic heterocycles. The van der Waals surface area contributed by atoms with Crippen molar-refractivity contribution in [3.63, 3.8) is 0 Å². The van der Waals surface area contributed by atoms with Crippen LogP contribution in [0.15, 0.2) is 11.1 Å². The lowest BCUT2D eigenvalue weighted by atomic mass is 9.47. The standard InChI is InChI=1S/C29H50O4/c1-7-19(17(2)3)9-8-18(4)21-10-11-22-24-23(13-14-27(21,22)5)28(6)15-12-20(30)16-29(28,33)26(32)25(24)31/h17-22,25-26,30-33H,7-16H2,1-6H3/t18-,19+,20+,21-,22+,25+,26-,27-,28-,29+/m1/s1. The highest BCUT2D eigenvalue weighted by molar-refractivity contribution is 5.41. The average Bonchev–Trinajstić information content (AvgIpc) is 3.11. The molecule has 0 aromatic carbocycles. The van der Waals surface area contributed by atoms with Crippen LogP contribution in [0.1, 0.15) is 106 Å². The molecule has 33 heavy (non-hydrogen) atoms. The van der Waals surface area contributed by atoms with E-state index in [2.05, 4.69) is 41.5 Å². The minimum atomic E-state index is -1.45. The van der Waals surface area contributed by atoms with E-state index in [0.29, 0.717) is 30.6 Å². The number of hydrogen-bond acceptors (Lipinski definition) is 4. The Balaban J connectivity index is 1.62. The third kappa shape index (κ3) is 3.77. The molecule has 0 spiro atoms. The fraction of sp³-hybridized carbons (Fsp3) is 0.931. The van der Waals surface area contributed by atoms with Crippen LogP contribution in [-0.2, 0) is 0 Å². The van der Waals surface area contributed by atoms with Gasteiger partial charge in [0.05, 0.1) is 6.10 Å². The number of hydrogen-bond donors (Lipinski definition) is 4. The summed E-state index contributed by atoms with van der Waals surface area (Å²) in [5.74, 6) is 3.14. The van der Waals surface area contributed by atoms with Gasteiger partial charge in [-0.2, -0.15) is 0 Å². The summed E-state index contributed by atoms with van der Waals surface area (Å²) < 4.78 is 0. The molecule has 4 aliphatic carbocycles. The Bertz CT molecular complexity index is 761. The number of aliphatic hydroxyl groups is 4. The second-order valence-corrected chi connectivity index (χ2v) is 13.2. The summed E-state index contributed by atoms with van der Waals surface area (Å²) in [5.41, 5.74) is 0.406. The molecule has 10 atom stereocenters. The molecule has 4 nitrogen and oxygen atoms in total. The van der Waals surface area contributed by atoms with E-state index in [4.69, 9.17) is 0 Å². The summed E-state index contributed by atoms with van der Waals surface area (Å²) in [7, 11) is 0. The molecule has 0 aromatic rings. The van der Waals surface area contributed by atoms with Gasteiger partial charge in [0, 0.05) is 11.8 Å². The van der Waals surface area contributed by atoms with E-state index < -0.39 is 29.3 Å². The summed E-state index contributed by atoms with van der Waals surface area (Å²) in [5, 5.41) is 44.5. The maximum absolute atomic E-state index is 11.6. The van der Waals surface area contributed by atoms with E-state index in [1.807, 2.05) is 0 Å². The first-order valence-electron chi connectivity index (χ1n) is 13.9. The lowest BCUT2D eigenvalue weighted by molar-refractivity contribution is -0.216. The second-order valence-electron chi connectivity index (χ2n) is 13.2. The van der Waals surface area contributed by atoms with Crippen molar-refractivity contribution in [2.24, 2.45) is 40.4 Å².